The van der Waals surface area contributed by atoms with E-state index < -0.39 is 0 Å². The molecule has 1 aliphatic carbocycles. The fourth-order valence-electron chi connectivity index (χ4n) is 3.35. The molecule has 6 heteroatoms. The molecular formula is C21H19N5O. The van der Waals surface area contributed by atoms with Gasteiger partial charge >= 0.3 is 0 Å². The molecule has 1 aliphatic rings. The van der Waals surface area contributed by atoms with Gasteiger partial charge in [0, 0.05) is 35.2 Å². The quantitative estimate of drug-likeness (QED) is 0.695. The monoisotopic (exact) mass is 357 g/mol. The van der Waals surface area contributed by atoms with Crippen LogP contribution in [0.3, 0.4) is 0 Å². The number of nitrogens with one attached hydrogen (secondary N) is 1. The molecule has 2 heterocycles. The number of amides is 1. The molecule has 3 N–H and O–H groups in total. The van der Waals surface area contributed by atoms with E-state index in [1.807, 2.05) is 30.5 Å². The van der Waals surface area contributed by atoms with Crippen LogP contribution in [-0.4, -0.2) is 15.9 Å². The first-order valence-corrected chi connectivity index (χ1v) is 8.93. The van der Waals surface area contributed by atoms with E-state index in [-0.39, 0.29) is 17.7 Å². The Labute approximate surface area is 157 Å². The number of hydrogen-bond donors (Lipinski definition) is 2. The van der Waals surface area contributed by atoms with E-state index in [9.17, 15) is 4.79 Å². The SMILES string of the molecule is CCc1ccncc1-c1cc(N)c2cnc(NC(=O)[C@H]3C[C@H]3C#N)cc2c1. The van der Waals surface area contributed by atoms with Crippen LogP contribution in [-0.2, 0) is 11.2 Å². The second kappa shape index (κ2) is 6.69. The number of anilines is 2. The van der Waals surface area contributed by atoms with Gasteiger partial charge in [-0.15, -0.1) is 0 Å². The number of nitriles is 1. The molecule has 1 amide bonds. The van der Waals surface area contributed by atoms with Crippen molar-refractivity contribution in [1.29, 1.82) is 5.26 Å². The first-order chi connectivity index (χ1) is 13.1. The summed E-state index contributed by atoms with van der Waals surface area (Å²) in [5.74, 6) is -0.0928. The van der Waals surface area contributed by atoms with Gasteiger partial charge in [0.1, 0.15) is 5.82 Å². The van der Waals surface area contributed by atoms with E-state index in [1.54, 1.807) is 12.4 Å². The lowest BCUT2D eigenvalue weighted by atomic mass is 9.97. The van der Waals surface area contributed by atoms with Crippen molar-refractivity contribution in [2.75, 3.05) is 11.1 Å². The first-order valence-electron chi connectivity index (χ1n) is 8.93. The average Bonchev–Trinajstić information content (AvgIpc) is 3.47. The number of carbonyl (C=O) groups excluding carboxylic acids is 1. The van der Waals surface area contributed by atoms with Crippen molar-refractivity contribution in [3.8, 4) is 17.2 Å². The maximum absolute atomic E-state index is 12.2. The van der Waals surface area contributed by atoms with Gasteiger partial charge in [-0.05, 0) is 53.6 Å². The van der Waals surface area contributed by atoms with Crippen LogP contribution >= 0.6 is 0 Å². The molecule has 1 fully saturated rings. The molecule has 3 aromatic rings. The van der Waals surface area contributed by atoms with Gasteiger partial charge in [-0.3, -0.25) is 9.78 Å². The first kappa shape index (κ1) is 17.0. The molecule has 6 nitrogen and oxygen atoms in total. The van der Waals surface area contributed by atoms with Crippen molar-refractivity contribution < 1.29 is 4.79 Å². The Hall–Kier alpha value is -3.46. The van der Waals surface area contributed by atoms with Crippen molar-refractivity contribution in [2.24, 2.45) is 11.8 Å². The molecular weight excluding hydrogens is 338 g/mol. The Morgan fingerprint density at radius 1 is 1.37 bits per heavy atom. The number of pyridine rings is 2. The molecule has 0 spiro atoms. The summed E-state index contributed by atoms with van der Waals surface area (Å²) in [4.78, 5) is 20.7. The summed E-state index contributed by atoms with van der Waals surface area (Å²) in [5.41, 5.74) is 10.1. The predicted molar refractivity (Wildman–Crippen MR) is 105 cm³/mol. The zero-order valence-corrected chi connectivity index (χ0v) is 14.9. The maximum atomic E-state index is 12.2. The molecule has 2 atom stereocenters. The van der Waals surface area contributed by atoms with Gasteiger partial charge in [0.2, 0.25) is 5.91 Å². The second-order valence-corrected chi connectivity index (χ2v) is 6.81. The van der Waals surface area contributed by atoms with Gasteiger partial charge in [-0.2, -0.15) is 5.26 Å². The van der Waals surface area contributed by atoms with Crippen LogP contribution in [0.5, 0.6) is 0 Å². The third kappa shape index (κ3) is 3.20. The summed E-state index contributed by atoms with van der Waals surface area (Å²) < 4.78 is 0. The van der Waals surface area contributed by atoms with Crippen LogP contribution in [0, 0.1) is 23.2 Å². The number of hydrogen-bond acceptors (Lipinski definition) is 5. The zero-order valence-electron chi connectivity index (χ0n) is 14.9. The predicted octanol–water partition coefficient (Wildman–Crippen LogP) is 3.54. The summed E-state index contributed by atoms with van der Waals surface area (Å²) in [6.45, 7) is 2.10. The van der Waals surface area contributed by atoms with Crippen molar-refractivity contribution in [3.63, 3.8) is 0 Å². The highest BCUT2D eigenvalue weighted by atomic mass is 16.2. The van der Waals surface area contributed by atoms with Crippen LogP contribution in [0.4, 0.5) is 11.5 Å². The van der Waals surface area contributed by atoms with Crippen LogP contribution in [0.15, 0.2) is 42.9 Å². The molecule has 134 valence electrons. The molecule has 1 saturated carbocycles. The lowest BCUT2D eigenvalue weighted by molar-refractivity contribution is -0.117. The van der Waals surface area contributed by atoms with E-state index in [0.29, 0.717) is 17.9 Å². The number of nitrogen functional groups attached to an aromatic ring is 1. The number of fused-ring (bicyclic) bond motifs is 1. The number of benzene rings is 1. The molecule has 0 saturated heterocycles. The Balaban J connectivity index is 1.70. The highest BCUT2D eigenvalue weighted by Crippen LogP contribution is 2.38. The van der Waals surface area contributed by atoms with Crippen molar-refractivity contribution in [1.82, 2.24) is 9.97 Å². The molecule has 2 aromatic heterocycles. The van der Waals surface area contributed by atoms with Crippen LogP contribution in [0.25, 0.3) is 21.9 Å². The number of rotatable bonds is 4. The number of nitrogens with zero attached hydrogens (tertiary/aromatic N) is 3. The van der Waals surface area contributed by atoms with E-state index in [2.05, 4.69) is 28.3 Å². The molecule has 1 aromatic carbocycles. The van der Waals surface area contributed by atoms with Crippen molar-refractivity contribution in [3.05, 3.63) is 48.4 Å². The van der Waals surface area contributed by atoms with Gasteiger partial charge in [-0.25, -0.2) is 4.98 Å². The van der Waals surface area contributed by atoms with Gasteiger partial charge < -0.3 is 11.1 Å². The van der Waals surface area contributed by atoms with E-state index in [4.69, 9.17) is 11.0 Å². The standard InChI is InChI=1S/C21H19N5O/c1-2-12-3-4-24-10-17(12)13-5-14-8-20(25-11-18(14)19(23)7-13)26-21(27)16-6-15(16)9-22/h3-5,7-8,10-11,15-16H,2,6,23H2,1H3,(H,25,26,27)/t15-,16-/m0/s1. The summed E-state index contributed by atoms with van der Waals surface area (Å²) in [7, 11) is 0. The van der Waals surface area contributed by atoms with Gasteiger partial charge in [0.25, 0.3) is 0 Å². The average molecular weight is 357 g/mol. The molecule has 0 radical (unpaired) electrons. The van der Waals surface area contributed by atoms with Gasteiger partial charge in [0.05, 0.1) is 17.9 Å². The highest BCUT2D eigenvalue weighted by Gasteiger charge is 2.43. The number of aryl methyl sites for hydroxylation is 1. The Kier molecular flexibility index (Phi) is 4.21. The highest BCUT2D eigenvalue weighted by molar-refractivity contribution is 6.00. The van der Waals surface area contributed by atoms with Crippen LogP contribution in [0.1, 0.15) is 18.9 Å². The Morgan fingerprint density at radius 2 is 2.22 bits per heavy atom. The lowest BCUT2D eigenvalue weighted by Gasteiger charge is -2.11. The minimum atomic E-state index is -0.230. The Morgan fingerprint density at radius 3 is 2.96 bits per heavy atom. The summed E-state index contributed by atoms with van der Waals surface area (Å²) >= 11 is 0. The molecule has 0 unspecified atom stereocenters. The normalized spacial score (nSPS) is 18.1. The summed E-state index contributed by atoms with van der Waals surface area (Å²) in [6.07, 6.45) is 6.82. The number of nitrogens with two attached hydrogens (primary N) is 1. The maximum Gasteiger partial charge on any atom is 0.230 e. The molecule has 27 heavy (non-hydrogen) atoms. The van der Waals surface area contributed by atoms with E-state index >= 15 is 0 Å². The van der Waals surface area contributed by atoms with Crippen LogP contribution in [0.2, 0.25) is 0 Å². The van der Waals surface area contributed by atoms with Crippen molar-refractivity contribution >= 4 is 28.2 Å². The van der Waals surface area contributed by atoms with Gasteiger partial charge in [0.15, 0.2) is 0 Å². The largest absolute Gasteiger partial charge is 0.398 e. The minimum Gasteiger partial charge on any atom is -0.398 e. The van der Waals surface area contributed by atoms with E-state index in [1.165, 1.54) is 5.56 Å². The second-order valence-electron chi connectivity index (χ2n) is 6.81. The number of carbonyl (C=O) groups is 1. The van der Waals surface area contributed by atoms with E-state index in [0.717, 1.165) is 28.3 Å². The van der Waals surface area contributed by atoms with Crippen LogP contribution < -0.4 is 11.1 Å². The summed E-state index contributed by atoms with van der Waals surface area (Å²) in [6, 6.07) is 9.92. The molecule has 0 bridgehead atoms. The van der Waals surface area contributed by atoms with Gasteiger partial charge in [-0.1, -0.05) is 6.92 Å². The molecule has 4 rings (SSSR count). The zero-order chi connectivity index (χ0) is 19.0. The Bertz CT molecular complexity index is 1090. The number of aromatic nitrogens is 2. The topological polar surface area (TPSA) is 105 Å². The smallest absolute Gasteiger partial charge is 0.230 e. The molecule has 0 aliphatic heterocycles. The third-order valence-electron chi connectivity index (χ3n) is 5.02. The van der Waals surface area contributed by atoms with Crippen molar-refractivity contribution in [2.45, 2.75) is 19.8 Å². The third-order valence-corrected chi connectivity index (χ3v) is 5.02. The lowest BCUT2D eigenvalue weighted by Crippen LogP contribution is -2.15. The fraction of sp³-hybridized carbons (Fsp3) is 0.238. The minimum absolute atomic E-state index is 0.155. The summed E-state index contributed by atoms with van der Waals surface area (Å²) in [5, 5.41) is 13.4. The fourth-order valence-corrected chi connectivity index (χ4v) is 3.35.